The van der Waals surface area contributed by atoms with Crippen LogP contribution >= 0.6 is 0 Å². The summed E-state index contributed by atoms with van der Waals surface area (Å²) in [6.07, 6.45) is 2.93. The summed E-state index contributed by atoms with van der Waals surface area (Å²) in [5.41, 5.74) is 2.28. The average molecular weight is 253 g/mol. The number of carbonyl (C=O) groups excluding carboxylic acids is 1. The van der Waals surface area contributed by atoms with Gasteiger partial charge in [-0.3, -0.25) is 9.48 Å². The molecule has 0 aliphatic carbocycles. The summed E-state index contributed by atoms with van der Waals surface area (Å²) in [6.45, 7) is 6.67. The van der Waals surface area contributed by atoms with Crippen molar-refractivity contribution in [3.8, 4) is 0 Å². The standard InChI is InChI=1S/C13H23N3O2/c1-6-12-11(8-16(4)15-12)7-14-10(3)9(2)13(17)18-5/h8-10,14H,6-7H2,1-5H3. The van der Waals surface area contributed by atoms with Crippen molar-refractivity contribution >= 4 is 5.97 Å². The molecule has 5 heteroatoms. The van der Waals surface area contributed by atoms with Gasteiger partial charge in [0.2, 0.25) is 0 Å². The van der Waals surface area contributed by atoms with Crippen LogP contribution in [0.1, 0.15) is 32.0 Å². The van der Waals surface area contributed by atoms with Crippen molar-refractivity contribution in [2.45, 2.75) is 39.8 Å². The van der Waals surface area contributed by atoms with Gasteiger partial charge < -0.3 is 10.1 Å². The van der Waals surface area contributed by atoms with Crippen LogP contribution in [0.5, 0.6) is 0 Å². The molecule has 0 fully saturated rings. The second kappa shape index (κ2) is 6.54. The third-order valence-corrected chi connectivity index (χ3v) is 3.26. The van der Waals surface area contributed by atoms with Crippen LogP contribution in [0, 0.1) is 5.92 Å². The van der Waals surface area contributed by atoms with Crippen molar-refractivity contribution < 1.29 is 9.53 Å². The predicted octanol–water partition coefficient (Wildman–Crippen LogP) is 1.27. The Bertz CT molecular complexity index is 401. The number of ether oxygens (including phenoxy) is 1. The smallest absolute Gasteiger partial charge is 0.309 e. The van der Waals surface area contributed by atoms with Crippen LogP contribution in [0.3, 0.4) is 0 Å². The summed E-state index contributed by atoms with van der Waals surface area (Å²) >= 11 is 0. The third-order valence-electron chi connectivity index (χ3n) is 3.26. The van der Waals surface area contributed by atoms with Crippen LogP contribution in [0.15, 0.2) is 6.20 Å². The Labute approximate surface area is 109 Å². The van der Waals surface area contributed by atoms with Gasteiger partial charge in [0.15, 0.2) is 0 Å². The summed E-state index contributed by atoms with van der Waals surface area (Å²) < 4.78 is 6.56. The molecule has 1 N–H and O–H groups in total. The molecule has 0 radical (unpaired) electrons. The second-order valence-corrected chi connectivity index (χ2v) is 4.61. The fraction of sp³-hybridized carbons (Fsp3) is 0.692. The molecule has 0 aliphatic heterocycles. The summed E-state index contributed by atoms with van der Waals surface area (Å²) in [7, 11) is 3.34. The largest absolute Gasteiger partial charge is 0.469 e. The van der Waals surface area contributed by atoms with E-state index in [2.05, 4.69) is 17.3 Å². The molecular formula is C13H23N3O2. The molecule has 102 valence electrons. The molecular weight excluding hydrogens is 230 g/mol. The van der Waals surface area contributed by atoms with Crippen molar-refractivity contribution in [2.24, 2.45) is 13.0 Å². The van der Waals surface area contributed by atoms with Crippen molar-refractivity contribution in [3.05, 3.63) is 17.5 Å². The van der Waals surface area contributed by atoms with Crippen molar-refractivity contribution in [1.29, 1.82) is 0 Å². The van der Waals surface area contributed by atoms with Gasteiger partial charge in [0.05, 0.1) is 18.7 Å². The Morgan fingerprint density at radius 2 is 2.22 bits per heavy atom. The molecule has 0 bridgehead atoms. The van der Waals surface area contributed by atoms with Crippen LogP contribution in [0.4, 0.5) is 0 Å². The molecule has 0 spiro atoms. The molecule has 1 aromatic heterocycles. The molecule has 18 heavy (non-hydrogen) atoms. The zero-order valence-electron chi connectivity index (χ0n) is 11.9. The maximum Gasteiger partial charge on any atom is 0.309 e. The minimum atomic E-state index is -0.183. The fourth-order valence-electron chi connectivity index (χ4n) is 1.87. The van der Waals surface area contributed by atoms with E-state index in [9.17, 15) is 4.79 Å². The molecule has 1 aromatic rings. The topological polar surface area (TPSA) is 56.2 Å². The zero-order chi connectivity index (χ0) is 13.7. The van der Waals surface area contributed by atoms with Crippen LogP contribution in [0.25, 0.3) is 0 Å². The number of methoxy groups -OCH3 is 1. The molecule has 1 heterocycles. The van der Waals surface area contributed by atoms with Crippen molar-refractivity contribution in [3.63, 3.8) is 0 Å². The maximum atomic E-state index is 11.4. The van der Waals surface area contributed by atoms with Gasteiger partial charge >= 0.3 is 5.97 Å². The van der Waals surface area contributed by atoms with E-state index in [1.54, 1.807) is 0 Å². The quantitative estimate of drug-likeness (QED) is 0.776. The maximum absolute atomic E-state index is 11.4. The highest BCUT2D eigenvalue weighted by atomic mass is 16.5. The minimum Gasteiger partial charge on any atom is -0.469 e. The SMILES string of the molecule is CCc1nn(C)cc1CNC(C)C(C)C(=O)OC. The summed E-state index contributed by atoms with van der Waals surface area (Å²) in [6, 6.07) is 0.0716. The molecule has 0 aromatic carbocycles. The van der Waals surface area contributed by atoms with Crippen molar-refractivity contribution in [2.75, 3.05) is 7.11 Å². The van der Waals surface area contributed by atoms with Gasteiger partial charge in [-0.05, 0) is 13.3 Å². The van der Waals surface area contributed by atoms with E-state index in [-0.39, 0.29) is 17.9 Å². The fourth-order valence-corrected chi connectivity index (χ4v) is 1.87. The van der Waals surface area contributed by atoms with E-state index in [0.29, 0.717) is 0 Å². The Hall–Kier alpha value is -1.36. The first-order valence-electron chi connectivity index (χ1n) is 6.32. The lowest BCUT2D eigenvalue weighted by Crippen LogP contribution is -2.36. The molecule has 0 aliphatic rings. The summed E-state index contributed by atoms with van der Waals surface area (Å²) in [4.78, 5) is 11.4. The van der Waals surface area contributed by atoms with Gasteiger partial charge in [0.25, 0.3) is 0 Å². The number of aryl methyl sites for hydroxylation is 2. The van der Waals surface area contributed by atoms with Gasteiger partial charge in [-0.2, -0.15) is 5.10 Å². The Balaban J connectivity index is 2.56. The van der Waals surface area contributed by atoms with Gasteiger partial charge in [-0.15, -0.1) is 0 Å². The van der Waals surface area contributed by atoms with E-state index in [1.807, 2.05) is 31.8 Å². The monoisotopic (exact) mass is 253 g/mol. The molecule has 2 unspecified atom stereocenters. The van der Waals surface area contributed by atoms with Crippen LogP contribution in [0.2, 0.25) is 0 Å². The van der Waals surface area contributed by atoms with Gasteiger partial charge in [-0.1, -0.05) is 13.8 Å². The molecule has 0 amide bonds. The van der Waals surface area contributed by atoms with Crippen LogP contribution in [-0.2, 0) is 29.5 Å². The highest BCUT2D eigenvalue weighted by molar-refractivity contribution is 5.72. The zero-order valence-corrected chi connectivity index (χ0v) is 11.9. The van der Waals surface area contributed by atoms with Crippen LogP contribution in [-0.4, -0.2) is 28.9 Å². The van der Waals surface area contributed by atoms with Gasteiger partial charge in [0, 0.05) is 31.4 Å². The highest BCUT2D eigenvalue weighted by Crippen LogP contribution is 2.09. The van der Waals surface area contributed by atoms with Gasteiger partial charge in [-0.25, -0.2) is 0 Å². The van der Waals surface area contributed by atoms with E-state index in [0.717, 1.165) is 18.7 Å². The number of hydrogen-bond donors (Lipinski definition) is 1. The normalized spacial score (nSPS) is 14.3. The van der Waals surface area contributed by atoms with E-state index < -0.39 is 0 Å². The first kappa shape index (κ1) is 14.7. The first-order valence-corrected chi connectivity index (χ1v) is 6.32. The van der Waals surface area contributed by atoms with Gasteiger partial charge in [0.1, 0.15) is 0 Å². The number of rotatable bonds is 6. The number of nitrogens with zero attached hydrogens (tertiary/aromatic N) is 2. The highest BCUT2D eigenvalue weighted by Gasteiger charge is 2.20. The third kappa shape index (κ3) is 3.57. The van der Waals surface area contributed by atoms with E-state index >= 15 is 0 Å². The minimum absolute atomic E-state index is 0.0716. The number of nitrogens with one attached hydrogen (secondary N) is 1. The lowest BCUT2D eigenvalue weighted by atomic mass is 10.0. The number of hydrogen-bond acceptors (Lipinski definition) is 4. The molecule has 1 rings (SSSR count). The molecule has 0 saturated carbocycles. The molecule has 2 atom stereocenters. The predicted molar refractivity (Wildman–Crippen MR) is 70.1 cm³/mol. The number of esters is 1. The van der Waals surface area contributed by atoms with E-state index in [1.165, 1.54) is 12.7 Å². The Kier molecular flexibility index (Phi) is 5.34. The average Bonchev–Trinajstić information content (AvgIpc) is 2.74. The Morgan fingerprint density at radius 3 is 2.78 bits per heavy atom. The molecule has 5 nitrogen and oxygen atoms in total. The second-order valence-electron chi connectivity index (χ2n) is 4.61. The number of carbonyl (C=O) groups is 1. The molecule has 0 saturated heterocycles. The summed E-state index contributed by atoms with van der Waals surface area (Å²) in [5, 5.41) is 7.74. The Morgan fingerprint density at radius 1 is 1.56 bits per heavy atom. The number of aromatic nitrogens is 2. The van der Waals surface area contributed by atoms with Crippen molar-refractivity contribution in [1.82, 2.24) is 15.1 Å². The lowest BCUT2D eigenvalue weighted by molar-refractivity contribution is -0.145. The first-order chi connectivity index (χ1) is 8.49. The van der Waals surface area contributed by atoms with Crippen LogP contribution < -0.4 is 5.32 Å². The summed E-state index contributed by atoms with van der Waals surface area (Å²) in [5.74, 6) is -0.339. The lowest BCUT2D eigenvalue weighted by Gasteiger charge is -2.19. The van der Waals surface area contributed by atoms with E-state index in [4.69, 9.17) is 4.74 Å².